The number of ether oxygens (including phenoxy) is 1. The third-order valence-electron chi connectivity index (χ3n) is 8.72. The quantitative estimate of drug-likeness (QED) is 0.487. The largest absolute Gasteiger partial charge is 0.462 e. The molecule has 4 aliphatic rings. The summed E-state index contributed by atoms with van der Waals surface area (Å²) < 4.78 is 5.71. The van der Waals surface area contributed by atoms with Crippen LogP contribution in [0.25, 0.3) is 0 Å². The highest BCUT2D eigenvalue weighted by Crippen LogP contribution is 2.71. The summed E-state index contributed by atoms with van der Waals surface area (Å²) in [5.41, 5.74) is -1.96. The molecule has 0 heterocycles. The number of esters is 1. The van der Waals surface area contributed by atoms with Gasteiger partial charge in [-0.3, -0.25) is 9.59 Å². The Hall–Kier alpha value is -1.24. The molecule has 2 bridgehead atoms. The third kappa shape index (κ3) is 2.20. The lowest BCUT2D eigenvalue weighted by Crippen LogP contribution is -2.72. The highest BCUT2D eigenvalue weighted by atomic mass is 16.5. The Balaban J connectivity index is 1.95. The first-order chi connectivity index (χ1) is 13.0. The van der Waals surface area contributed by atoms with E-state index >= 15 is 0 Å². The summed E-state index contributed by atoms with van der Waals surface area (Å²) in [5.74, 6) is -1.94. The normalized spacial score (nSPS) is 49.4. The summed E-state index contributed by atoms with van der Waals surface area (Å²) in [4.78, 5) is 25.4. The minimum absolute atomic E-state index is 0.0344. The maximum Gasteiger partial charge on any atom is 0.302 e. The zero-order valence-corrected chi connectivity index (χ0v) is 17.0. The molecule has 2 unspecified atom stereocenters. The maximum absolute atomic E-state index is 13.4. The van der Waals surface area contributed by atoms with Crippen LogP contribution in [0.1, 0.15) is 52.9 Å². The van der Waals surface area contributed by atoms with Gasteiger partial charge in [0.1, 0.15) is 6.10 Å². The van der Waals surface area contributed by atoms with Gasteiger partial charge < -0.3 is 20.1 Å². The van der Waals surface area contributed by atoms with Crippen LogP contribution in [0.4, 0.5) is 0 Å². The predicted octanol–water partition coefficient (Wildman–Crippen LogP) is 1.61. The van der Waals surface area contributed by atoms with Crippen molar-refractivity contribution in [2.24, 2.45) is 34.0 Å². The van der Waals surface area contributed by atoms with Gasteiger partial charge in [-0.2, -0.15) is 0 Å². The molecule has 8 atom stereocenters. The Labute approximate surface area is 166 Å². The van der Waals surface area contributed by atoms with Crippen molar-refractivity contribution in [2.75, 3.05) is 6.61 Å². The highest BCUT2D eigenvalue weighted by molar-refractivity contribution is 6.04. The predicted molar refractivity (Wildman–Crippen MR) is 101 cm³/mol. The fraction of sp³-hybridized carbons (Fsp3) is 0.818. The average Bonchev–Trinajstić information content (AvgIpc) is 2.73. The molecule has 28 heavy (non-hydrogen) atoms. The molecule has 0 aromatic heterocycles. The second kappa shape index (κ2) is 6.13. The Morgan fingerprint density at radius 2 is 1.93 bits per heavy atom. The number of rotatable bonds is 2. The number of fused-ring (bicyclic) bond motifs is 3. The van der Waals surface area contributed by atoms with Crippen molar-refractivity contribution in [2.45, 2.75) is 71.2 Å². The molecular weight excluding hydrogens is 360 g/mol. The Kier molecular flexibility index (Phi) is 4.39. The first kappa shape index (κ1) is 20.0. The van der Waals surface area contributed by atoms with Crippen molar-refractivity contribution < 1.29 is 29.6 Å². The molecule has 0 amide bonds. The van der Waals surface area contributed by atoms with Gasteiger partial charge in [-0.15, -0.1) is 0 Å². The van der Waals surface area contributed by atoms with Crippen molar-refractivity contribution in [3.63, 3.8) is 0 Å². The molecule has 4 fully saturated rings. The zero-order valence-electron chi connectivity index (χ0n) is 17.0. The van der Waals surface area contributed by atoms with Crippen molar-refractivity contribution in [3.8, 4) is 0 Å². The standard InChI is InChI=1S/C22H32O6/c1-11-13-8-14(28-12(2)24)17-21(10-23)7-5-6-20(3,4)15(21)9-16(25)22(17,18(11)26)19(13)27/h13-17,19,23,25,27H,1,5-10H2,2-4H3/t13-,14-,15+,16?,17-,19+,21-,22?/m0/s1. The fourth-order valence-electron chi connectivity index (χ4n) is 7.76. The molecule has 0 aliphatic heterocycles. The van der Waals surface area contributed by atoms with Gasteiger partial charge in [0.25, 0.3) is 0 Å². The first-order valence-corrected chi connectivity index (χ1v) is 10.4. The number of Topliss-reactive ketones (excluding diaryl/α,β-unsaturated/α-hetero) is 1. The van der Waals surface area contributed by atoms with E-state index in [9.17, 15) is 24.9 Å². The van der Waals surface area contributed by atoms with Crippen molar-refractivity contribution >= 4 is 11.8 Å². The van der Waals surface area contributed by atoms with Gasteiger partial charge in [0.05, 0.1) is 17.6 Å². The minimum atomic E-state index is -1.45. The van der Waals surface area contributed by atoms with E-state index in [1.165, 1.54) is 6.92 Å². The zero-order chi connectivity index (χ0) is 20.6. The van der Waals surface area contributed by atoms with Crippen LogP contribution in [0, 0.1) is 34.0 Å². The van der Waals surface area contributed by atoms with E-state index in [0.29, 0.717) is 24.8 Å². The topological polar surface area (TPSA) is 104 Å². The number of aliphatic hydroxyl groups is 3. The lowest BCUT2D eigenvalue weighted by atomic mass is 9.39. The van der Waals surface area contributed by atoms with Gasteiger partial charge in [0, 0.05) is 30.8 Å². The molecule has 0 radical (unpaired) electrons. The summed E-state index contributed by atoms with van der Waals surface area (Å²) in [6, 6.07) is 0. The molecule has 6 nitrogen and oxygen atoms in total. The second-order valence-electron chi connectivity index (χ2n) is 10.2. The Morgan fingerprint density at radius 3 is 2.54 bits per heavy atom. The molecule has 1 spiro atoms. The van der Waals surface area contributed by atoms with Crippen molar-refractivity contribution in [1.82, 2.24) is 0 Å². The van der Waals surface area contributed by atoms with Crippen LogP contribution in [-0.4, -0.2) is 52.0 Å². The smallest absolute Gasteiger partial charge is 0.302 e. The summed E-state index contributed by atoms with van der Waals surface area (Å²) >= 11 is 0. The number of hydrogen-bond donors (Lipinski definition) is 3. The van der Waals surface area contributed by atoms with Crippen LogP contribution in [0.15, 0.2) is 12.2 Å². The van der Waals surface area contributed by atoms with E-state index in [1.54, 1.807) is 0 Å². The van der Waals surface area contributed by atoms with Crippen LogP contribution >= 0.6 is 0 Å². The summed E-state index contributed by atoms with van der Waals surface area (Å²) in [5, 5.41) is 33.3. The van der Waals surface area contributed by atoms with Gasteiger partial charge >= 0.3 is 5.97 Å². The molecule has 156 valence electrons. The molecule has 4 rings (SSSR count). The van der Waals surface area contributed by atoms with E-state index in [2.05, 4.69) is 20.4 Å². The fourth-order valence-corrected chi connectivity index (χ4v) is 7.76. The van der Waals surface area contributed by atoms with Crippen LogP contribution in [0.3, 0.4) is 0 Å². The lowest BCUT2D eigenvalue weighted by Gasteiger charge is -2.66. The molecular formula is C22H32O6. The summed E-state index contributed by atoms with van der Waals surface area (Å²) in [6.07, 6.45) is 0.442. The molecule has 0 aromatic rings. The van der Waals surface area contributed by atoms with E-state index < -0.39 is 46.9 Å². The van der Waals surface area contributed by atoms with E-state index in [4.69, 9.17) is 4.74 Å². The number of aliphatic hydroxyl groups excluding tert-OH is 3. The minimum Gasteiger partial charge on any atom is -0.462 e. The van der Waals surface area contributed by atoms with Gasteiger partial charge in [0.15, 0.2) is 5.78 Å². The van der Waals surface area contributed by atoms with Crippen molar-refractivity contribution in [1.29, 1.82) is 0 Å². The van der Waals surface area contributed by atoms with Gasteiger partial charge in [-0.25, -0.2) is 0 Å². The Morgan fingerprint density at radius 1 is 1.25 bits per heavy atom. The van der Waals surface area contributed by atoms with E-state index in [0.717, 1.165) is 12.8 Å². The number of carbonyl (C=O) groups excluding carboxylic acids is 2. The van der Waals surface area contributed by atoms with E-state index in [1.807, 2.05) is 0 Å². The highest BCUT2D eigenvalue weighted by Gasteiger charge is 2.77. The van der Waals surface area contributed by atoms with Gasteiger partial charge in [-0.1, -0.05) is 26.8 Å². The molecule has 3 N–H and O–H groups in total. The average molecular weight is 392 g/mol. The van der Waals surface area contributed by atoms with Crippen LogP contribution in [-0.2, 0) is 14.3 Å². The number of hydrogen-bond acceptors (Lipinski definition) is 6. The first-order valence-electron chi connectivity index (χ1n) is 10.4. The molecule has 4 aliphatic carbocycles. The van der Waals surface area contributed by atoms with Crippen LogP contribution in [0.5, 0.6) is 0 Å². The third-order valence-corrected chi connectivity index (χ3v) is 8.72. The maximum atomic E-state index is 13.4. The molecule has 4 saturated carbocycles. The summed E-state index contributed by atoms with van der Waals surface area (Å²) in [6.45, 7) is 9.39. The number of ketones is 1. The lowest BCUT2D eigenvalue weighted by molar-refractivity contribution is -0.266. The van der Waals surface area contributed by atoms with Crippen LogP contribution < -0.4 is 0 Å². The Bertz CT molecular complexity index is 729. The van der Waals surface area contributed by atoms with Gasteiger partial charge in [-0.05, 0) is 42.6 Å². The molecule has 6 heteroatoms. The summed E-state index contributed by atoms with van der Waals surface area (Å²) in [7, 11) is 0. The monoisotopic (exact) mass is 392 g/mol. The molecule has 0 aromatic carbocycles. The molecule has 0 saturated heterocycles. The SMILES string of the molecule is C=C1C(=O)C23C(O)C[C@@H]4C(C)(C)CCC[C@@]4(CO)[C@@H]2[C@@H](OC(C)=O)C[C@@H]1[C@H]3O. The number of carbonyl (C=O) groups is 2. The van der Waals surface area contributed by atoms with Crippen LogP contribution in [0.2, 0.25) is 0 Å². The van der Waals surface area contributed by atoms with E-state index in [-0.39, 0.29) is 23.7 Å². The van der Waals surface area contributed by atoms with Crippen molar-refractivity contribution in [3.05, 3.63) is 12.2 Å². The second-order valence-corrected chi connectivity index (χ2v) is 10.2. The van der Waals surface area contributed by atoms with Gasteiger partial charge in [0.2, 0.25) is 0 Å².